The Hall–Kier alpha value is -2.59. The third kappa shape index (κ3) is 1.76. The minimum atomic E-state index is 0.226. The summed E-state index contributed by atoms with van der Waals surface area (Å²) in [5.41, 5.74) is 1.89. The highest BCUT2D eigenvalue weighted by molar-refractivity contribution is 7.16. The molecule has 0 aliphatic carbocycles. The molecule has 3 aromatic rings. The second kappa shape index (κ2) is 4.46. The SMILES string of the molecule is CCc1nn2c(C#N)c(-c3ccc4c(c3)OCO4)nc2s1. The van der Waals surface area contributed by atoms with Gasteiger partial charge in [-0.05, 0) is 24.6 Å². The van der Waals surface area contributed by atoms with Crippen molar-refractivity contribution in [2.24, 2.45) is 0 Å². The van der Waals surface area contributed by atoms with Gasteiger partial charge >= 0.3 is 0 Å². The molecular weight excluding hydrogens is 288 g/mol. The van der Waals surface area contributed by atoms with Crippen LogP contribution < -0.4 is 9.47 Å². The summed E-state index contributed by atoms with van der Waals surface area (Å²) < 4.78 is 12.3. The maximum Gasteiger partial charge on any atom is 0.231 e. The molecule has 0 N–H and O–H groups in total. The molecule has 3 heterocycles. The number of nitriles is 1. The fourth-order valence-corrected chi connectivity index (χ4v) is 3.11. The smallest absolute Gasteiger partial charge is 0.231 e. The van der Waals surface area contributed by atoms with Gasteiger partial charge < -0.3 is 9.47 Å². The van der Waals surface area contributed by atoms with Crippen LogP contribution in [0.25, 0.3) is 16.2 Å². The number of aromatic nitrogens is 3. The van der Waals surface area contributed by atoms with E-state index in [0.717, 1.165) is 22.0 Å². The molecule has 0 unspecified atom stereocenters. The van der Waals surface area contributed by atoms with E-state index >= 15 is 0 Å². The molecule has 0 fully saturated rings. The summed E-state index contributed by atoms with van der Waals surface area (Å²) in [6.07, 6.45) is 0.832. The zero-order valence-electron chi connectivity index (χ0n) is 11.2. The van der Waals surface area contributed by atoms with E-state index in [0.29, 0.717) is 22.9 Å². The van der Waals surface area contributed by atoms with Crippen LogP contribution in [0.4, 0.5) is 0 Å². The first-order valence-corrected chi connectivity index (χ1v) is 7.30. The number of aryl methyl sites for hydroxylation is 1. The summed E-state index contributed by atoms with van der Waals surface area (Å²) in [6, 6.07) is 7.75. The van der Waals surface area contributed by atoms with Gasteiger partial charge in [-0.1, -0.05) is 18.3 Å². The molecular formula is C14H10N4O2S. The molecule has 6 nitrogen and oxygen atoms in total. The molecule has 104 valence electrons. The molecule has 1 aliphatic rings. The number of benzene rings is 1. The van der Waals surface area contributed by atoms with Gasteiger partial charge in [-0.2, -0.15) is 14.9 Å². The standard InChI is InChI=1S/C14H10N4O2S/c1-2-12-17-18-9(6-15)13(16-14(18)21-12)8-3-4-10-11(5-8)20-7-19-10/h3-5H,2,7H2,1H3. The van der Waals surface area contributed by atoms with E-state index < -0.39 is 0 Å². The summed E-state index contributed by atoms with van der Waals surface area (Å²) >= 11 is 1.50. The van der Waals surface area contributed by atoms with Crippen molar-refractivity contribution in [2.75, 3.05) is 6.79 Å². The number of fused-ring (bicyclic) bond motifs is 2. The van der Waals surface area contributed by atoms with E-state index in [4.69, 9.17) is 9.47 Å². The Balaban J connectivity index is 1.90. The Kier molecular flexibility index (Phi) is 2.59. The first-order chi connectivity index (χ1) is 10.3. The molecule has 0 radical (unpaired) electrons. The molecule has 2 aromatic heterocycles. The molecule has 0 bridgehead atoms. The molecule has 0 spiro atoms. The van der Waals surface area contributed by atoms with E-state index in [-0.39, 0.29) is 6.79 Å². The van der Waals surface area contributed by atoms with Crippen molar-refractivity contribution >= 4 is 16.3 Å². The van der Waals surface area contributed by atoms with Crippen LogP contribution in [0.3, 0.4) is 0 Å². The van der Waals surface area contributed by atoms with Gasteiger partial charge in [0, 0.05) is 5.56 Å². The summed E-state index contributed by atoms with van der Waals surface area (Å²) in [5.74, 6) is 1.39. The number of nitrogens with zero attached hydrogens (tertiary/aromatic N) is 4. The van der Waals surface area contributed by atoms with Crippen molar-refractivity contribution in [1.29, 1.82) is 5.26 Å². The van der Waals surface area contributed by atoms with Gasteiger partial charge in [-0.15, -0.1) is 0 Å². The van der Waals surface area contributed by atoms with Gasteiger partial charge in [-0.3, -0.25) is 0 Å². The number of hydrogen-bond donors (Lipinski definition) is 0. The lowest BCUT2D eigenvalue weighted by molar-refractivity contribution is 0.174. The fourth-order valence-electron chi connectivity index (χ4n) is 2.28. The van der Waals surface area contributed by atoms with Crippen LogP contribution >= 0.6 is 11.3 Å². The van der Waals surface area contributed by atoms with Crippen molar-refractivity contribution in [2.45, 2.75) is 13.3 Å². The van der Waals surface area contributed by atoms with Crippen molar-refractivity contribution in [3.8, 4) is 28.8 Å². The van der Waals surface area contributed by atoms with Gasteiger partial charge in [0.05, 0.1) is 0 Å². The summed E-state index contributed by atoms with van der Waals surface area (Å²) in [5, 5.41) is 14.8. The maximum absolute atomic E-state index is 9.44. The Morgan fingerprint density at radius 2 is 2.24 bits per heavy atom. The molecule has 0 amide bonds. The Bertz CT molecular complexity index is 890. The van der Waals surface area contributed by atoms with E-state index in [9.17, 15) is 5.26 Å². The predicted octanol–water partition coefficient (Wildman–Crippen LogP) is 2.62. The van der Waals surface area contributed by atoms with Crippen molar-refractivity contribution in [3.63, 3.8) is 0 Å². The maximum atomic E-state index is 9.44. The lowest BCUT2D eigenvalue weighted by atomic mass is 10.1. The van der Waals surface area contributed by atoms with Crippen LogP contribution in [0.1, 0.15) is 17.6 Å². The largest absolute Gasteiger partial charge is 0.454 e. The van der Waals surface area contributed by atoms with Crippen molar-refractivity contribution in [3.05, 3.63) is 28.9 Å². The molecule has 1 aliphatic heterocycles. The van der Waals surface area contributed by atoms with Crippen molar-refractivity contribution in [1.82, 2.24) is 14.6 Å². The third-order valence-corrected chi connectivity index (χ3v) is 4.35. The van der Waals surface area contributed by atoms with Gasteiger partial charge in [0.2, 0.25) is 11.8 Å². The number of imidazole rings is 1. The Morgan fingerprint density at radius 1 is 1.38 bits per heavy atom. The van der Waals surface area contributed by atoms with Crippen LogP contribution in [-0.2, 0) is 6.42 Å². The number of hydrogen-bond acceptors (Lipinski definition) is 6. The van der Waals surface area contributed by atoms with Gasteiger partial charge in [-0.25, -0.2) is 4.98 Å². The van der Waals surface area contributed by atoms with Gasteiger partial charge in [0.15, 0.2) is 17.2 Å². The second-order valence-corrected chi connectivity index (χ2v) is 5.57. The molecule has 0 atom stereocenters. The lowest BCUT2D eigenvalue weighted by Crippen LogP contribution is -1.93. The zero-order chi connectivity index (χ0) is 14.4. The third-order valence-electron chi connectivity index (χ3n) is 3.30. The van der Waals surface area contributed by atoms with Crippen LogP contribution in [0.15, 0.2) is 18.2 Å². The number of rotatable bonds is 2. The first kappa shape index (κ1) is 12.2. The topological polar surface area (TPSA) is 72.4 Å². The molecule has 7 heteroatoms. The summed E-state index contributed by atoms with van der Waals surface area (Å²) in [6.45, 7) is 2.26. The van der Waals surface area contributed by atoms with Crippen LogP contribution in [-0.4, -0.2) is 21.4 Å². The van der Waals surface area contributed by atoms with Crippen molar-refractivity contribution < 1.29 is 9.47 Å². The van der Waals surface area contributed by atoms with E-state index in [1.807, 2.05) is 25.1 Å². The fraction of sp³-hybridized carbons (Fsp3) is 0.214. The highest BCUT2D eigenvalue weighted by atomic mass is 32.1. The molecule has 0 saturated heterocycles. The van der Waals surface area contributed by atoms with Crippen LogP contribution in [0.5, 0.6) is 11.5 Å². The normalized spacial score (nSPS) is 12.8. The second-order valence-electron chi connectivity index (χ2n) is 4.53. The van der Waals surface area contributed by atoms with E-state index in [1.165, 1.54) is 11.3 Å². The minimum absolute atomic E-state index is 0.226. The van der Waals surface area contributed by atoms with Crippen LogP contribution in [0.2, 0.25) is 0 Å². The van der Waals surface area contributed by atoms with E-state index in [1.54, 1.807) is 4.52 Å². The van der Waals surface area contributed by atoms with Gasteiger partial charge in [0.25, 0.3) is 0 Å². The molecule has 4 rings (SSSR count). The average molecular weight is 298 g/mol. The highest BCUT2D eigenvalue weighted by Crippen LogP contribution is 2.37. The van der Waals surface area contributed by atoms with Gasteiger partial charge in [0.1, 0.15) is 16.8 Å². The number of ether oxygens (including phenoxy) is 2. The average Bonchev–Trinajstić information content (AvgIpc) is 3.19. The quantitative estimate of drug-likeness (QED) is 0.727. The van der Waals surface area contributed by atoms with E-state index in [2.05, 4.69) is 16.2 Å². The zero-order valence-corrected chi connectivity index (χ0v) is 12.0. The highest BCUT2D eigenvalue weighted by Gasteiger charge is 2.20. The van der Waals surface area contributed by atoms with Crippen LogP contribution in [0, 0.1) is 11.3 Å². The summed E-state index contributed by atoms with van der Waals surface area (Å²) in [4.78, 5) is 5.28. The Labute approximate surface area is 124 Å². The summed E-state index contributed by atoms with van der Waals surface area (Å²) in [7, 11) is 0. The monoisotopic (exact) mass is 298 g/mol. The lowest BCUT2D eigenvalue weighted by Gasteiger charge is -2.00. The molecule has 1 aromatic carbocycles. The minimum Gasteiger partial charge on any atom is -0.454 e. The Morgan fingerprint density at radius 3 is 3.05 bits per heavy atom. The first-order valence-electron chi connectivity index (χ1n) is 6.48. The predicted molar refractivity (Wildman–Crippen MR) is 76.5 cm³/mol. The molecule has 0 saturated carbocycles. The molecule has 21 heavy (non-hydrogen) atoms.